The third kappa shape index (κ3) is 6.29. The Hall–Kier alpha value is -2.53. The second kappa shape index (κ2) is 12.1. The molecule has 0 radical (unpaired) electrons. The summed E-state index contributed by atoms with van der Waals surface area (Å²) >= 11 is 6.47. The minimum atomic E-state index is -0.200. The maximum atomic E-state index is 12.1. The lowest BCUT2D eigenvalue weighted by atomic mass is 9.75. The summed E-state index contributed by atoms with van der Waals surface area (Å²) in [4.78, 5) is 18.2. The van der Waals surface area contributed by atoms with Gasteiger partial charge in [0.2, 0.25) is 0 Å². The van der Waals surface area contributed by atoms with E-state index in [1.165, 1.54) is 16.7 Å². The number of piperidine rings is 1. The van der Waals surface area contributed by atoms with Gasteiger partial charge in [0.25, 0.3) is 0 Å². The molecule has 33 heavy (non-hydrogen) atoms. The van der Waals surface area contributed by atoms with Crippen molar-refractivity contribution in [1.29, 1.82) is 0 Å². The lowest BCUT2D eigenvalue weighted by Crippen LogP contribution is -2.40. The van der Waals surface area contributed by atoms with Gasteiger partial charge in [-0.3, -0.25) is 0 Å². The maximum Gasteiger partial charge on any atom is 0.409 e. The molecule has 1 amide bonds. The molecule has 0 saturated carbocycles. The molecule has 2 heterocycles. The molecule has 1 aliphatic heterocycles. The van der Waals surface area contributed by atoms with E-state index in [4.69, 9.17) is 16.3 Å². The van der Waals surface area contributed by atoms with Crippen LogP contribution in [0.25, 0.3) is 5.57 Å². The second-order valence-electron chi connectivity index (χ2n) is 8.68. The van der Waals surface area contributed by atoms with Crippen molar-refractivity contribution in [2.24, 2.45) is 5.92 Å². The van der Waals surface area contributed by atoms with Crippen molar-refractivity contribution in [2.45, 2.75) is 58.9 Å². The van der Waals surface area contributed by atoms with Crippen LogP contribution >= 0.6 is 11.6 Å². The minimum Gasteiger partial charge on any atom is -0.450 e. The van der Waals surface area contributed by atoms with Gasteiger partial charge in [-0.05, 0) is 87.1 Å². The van der Waals surface area contributed by atoms with Gasteiger partial charge in [-0.25, -0.2) is 9.78 Å². The summed E-state index contributed by atoms with van der Waals surface area (Å²) in [7, 11) is 0. The Kier molecular flexibility index (Phi) is 9.19. The Balaban J connectivity index is 1.83. The number of carbonyl (C=O) groups is 1. The Morgan fingerprint density at radius 3 is 2.73 bits per heavy atom. The van der Waals surface area contributed by atoms with Crippen molar-refractivity contribution in [2.75, 3.05) is 19.7 Å². The summed E-state index contributed by atoms with van der Waals surface area (Å²) in [6.07, 6.45) is 11.5. The van der Waals surface area contributed by atoms with Crippen LogP contribution in [0.4, 0.5) is 4.79 Å². The molecule has 1 fully saturated rings. The number of ether oxygens (including phenoxy) is 1. The van der Waals surface area contributed by atoms with E-state index in [9.17, 15) is 4.79 Å². The summed E-state index contributed by atoms with van der Waals surface area (Å²) < 4.78 is 7.38. The van der Waals surface area contributed by atoms with Crippen LogP contribution in [0, 0.1) is 12.8 Å². The molecule has 0 aliphatic carbocycles. The van der Waals surface area contributed by atoms with Gasteiger partial charge < -0.3 is 14.2 Å². The molecule has 1 aromatic heterocycles. The van der Waals surface area contributed by atoms with Gasteiger partial charge in [0.15, 0.2) is 0 Å². The maximum absolute atomic E-state index is 12.1. The molecule has 3 rings (SSSR count). The number of hydrogen-bond acceptors (Lipinski definition) is 3. The fraction of sp³-hybridized carbons (Fsp3) is 0.481. The Morgan fingerprint density at radius 2 is 2.12 bits per heavy atom. The Labute approximate surface area is 203 Å². The molecule has 1 atom stereocenters. The first-order valence-corrected chi connectivity index (χ1v) is 12.3. The van der Waals surface area contributed by atoms with Crippen LogP contribution < -0.4 is 0 Å². The van der Waals surface area contributed by atoms with Crippen LogP contribution in [0.3, 0.4) is 0 Å². The molecule has 1 aromatic carbocycles. The van der Waals surface area contributed by atoms with Crippen molar-refractivity contribution in [1.82, 2.24) is 14.5 Å². The molecular weight excluding hydrogens is 434 g/mol. The van der Waals surface area contributed by atoms with Crippen molar-refractivity contribution in [3.8, 4) is 0 Å². The quantitative estimate of drug-likeness (QED) is 0.376. The minimum absolute atomic E-state index is 0.200. The number of amides is 1. The first-order chi connectivity index (χ1) is 16.0. The number of rotatable bonds is 9. The van der Waals surface area contributed by atoms with E-state index in [0.29, 0.717) is 18.4 Å². The van der Waals surface area contributed by atoms with Crippen LogP contribution in [0.1, 0.15) is 62.3 Å². The van der Waals surface area contributed by atoms with Crippen LogP contribution in [0.2, 0.25) is 5.02 Å². The van der Waals surface area contributed by atoms with Gasteiger partial charge in [-0.15, -0.1) is 6.58 Å². The number of imidazole rings is 1. The fourth-order valence-corrected chi connectivity index (χ4v) is 5.05. The number of halogens is 1. The van der Waals surface area contributed by atoms with Crippen LogP contribution in [0.5, 0.6) is 0 Å². The molecule has 6 heteroatoms. The van der Waals surface area contributed by atoms with Gasteiger partial charge >= 0.3 is 6.09 Å². The Bertz CT molecular complexity index is 973. The molecule has 1 saturated heterocycles. The van der Waals surface area contributed by atoms with Crippen LogP contribution in [0.15, 0.2) is 49.5 Å². The molecule has 178 valence electrons. The lowest BCUT2D eigenvalue weighted by molar-refractivity contribution is 0.0888. The number of nitrogens with zero attached hydrogens (tertiary/aromatic N) is 3. The molecule has 0 spiro atoms. The van der Waals surface area contributed by atoms with Gasteiger partial charge in [0.05, 0.1) is 12.9 Å². The van der Waals surface area contributed by atoms with E-state index < -0.39 is 0 Å². The van der Waals surface area contributed by atoms with E-state index in [2.05, 4.69) is 48.2 Å². The first-order valence-electron chi connectivity index (χ1n) is 11.9. The average molecular weight is 470 g/mol. The van der Waals surface area contributed by atoms with E-state index in [1.807, 2.05) is 36.5 Å². The predicted octanol–water partition coefficient (Wildman–Crippen LogP) is 6.87. The third-order valence-electron chi connectivity index (χ3n) is 6.71. The van der Waals surface area contributed by atoms with Gasteiger partial charge in [0.1, 0.15) is 0 Å². The molecule has 2 aromatic rings. The fourth-order valence-electron chi connectivity index (χ4n) is 4.88. The number of likely N-dealkylation sites (tertiary alicyclic amines) is 1. The van der Waals surface area contributed by atoms with E-state index in [-0.39, 0.29) is 6.09 Å². The van der Waals surface area contributed by atoms with E-state index in [0.717, 1.165) is 56.0 Å². The second-order valence-corrected chi connectivity index (χ2v) is 9.11. The van der Waals surface area contributed by atoms with Crippen molar-refractivity contribution < 1.29 is 9.53 Å². The number of aromatic nitrogens is 2. The zero-order chi connectivity index (χ0) is 23.8. The predicted molar refractivity (Wildman–Crippen MR) is 136 cm³/mol. The first kappa shape index (κ1) is 25.1. The molecular formula is C27H36ClN3O2. The normalized spacial score (nSPS) is 16.0. The summed E-state index contributed by atoms with van der Waals surface area (Å²) in [6.45, 7) is 12.8. The summed E-state index contributed by atoms with van der Waals surface area (Å²) in [6, 6.07) is 6.30. The standard InChI is InChI=1S/C27H36ClN3O2/c1-5-8-24(22-12-14-30(15-13-22)27(32)33-7-3)25-10-9-23(28)17-26(25)21(6-2)11-16-31-19-29-18-20(31)4/h5-6,9-10,17-19,22,24H,1,7-8,11-16H2,2-4H3/b21-6-. The molecule has 0 bridgehead atoms. The number of aryl methyl sites for hydroxylation is 2. The highest BCUT2D eigenvalue weighted by Crippen LogP contribution is 2.40. The average Bonchev–Trinajstić information content (AvgIpc) is 3.23. The van der Waals surface area contributed by atoms with Crippen molar-refractivity contribution in [3.05, 3.63) is 71.3 Å². The SMILES string of the molecule is C=CCC(c1ccc(Cl)cc1/C(=C\C)CCn1cncc1C)C1CCN(C(=O)OCC)CC1. The van der Waals surface area contributed by atoms with E-state index in [1.54, 1.807) is 0 Å². The van der Waals surface area contributed by atoms with Crippen molar-refractivity contribution >= 4 is 23.3 Å². The molecule has 1 unspecified atom stereocenters. The zero-order valence-electron chi connectivity index (χ0n) is 20.1. The number of benzene rings is 1. The summed E-state index contributed by atoms with van der Waals surface area (Å²) in [5.74, 6) is 0.812. The molecule has 0 N–H and O–H groups in total. The van der Waals surface area contributed by atoms with Crippen molar-refractivity contribution in [3.63, 3.8) is 0 Å². The number of carbonyl (C=O) groups excluding carboxylic acids is 1. The largest absolute Gasteiger partial charge is 0.450 e. The summed E-state index contributed by atoms with van der Waals surface area (Å²) in [5.41, 5.74) is 5.00. The Morgan fingerprint density at radius 1 is 1.36 bits per heavy atom. The van der Waals surface area contributed by atoms with E-state index >= 15 is 0 Å². The topological polar surface area (TPSA) is 47.4 Å². The third-order valence-corrected chi connectivity index (χ3v) is 6.94. The highest BCUT2D eigenvalue weighted by Gasteiger charge is 2.30. The smallest absolute Gasteiger partial charge is 0.409 e. The number of allylic oxidation sites excluding steroid dienone is 3. The van der Waals surface area contributed by atoms with Gasteiger partial charge in [-0.2, -0.15) is 0 Å². The highest BCUT2D eigenvalue weighted by molar-refractivity contribution is 6.30. The van der Waals surface area contributed by atoms with Gasteiger partial charge in [0, 0.05) is 36.5 Å². The number of hydrogen-bond donors (Lipinski definition) is 0. The van der Waals surface area contributed by atoms with Crippen LogP contribution in [-0.4, -0.2) is 40.2 Å². The summed E-state index contributed by atoms with van der Waals surface area (Å²) in [5, 5.41) is 0.751. The lowest BCUT2D eigenvalue weighted by Gasteiger charge is -2.36. The van der Waals surface area contributed by atoms with Crippen LogP contribution in [-0.2, 0) is 11.3 Å². The highest BCUT2D eigenvalue weighted by atomic mass is 35.5. The monoisotopic (exact) mass is 469 g/mol. The zero-order valence-corrected chi connectivity index (χ0v) is 20.9. The van der Waals surface area contributed by atoms with Gasteiger partial charge in [-0.1, -0.05) is 29.8 Å². The molecule has 5 nitrogen and oxygen atoms in total. The molecule has 1 aliphatic rings.